The van der Waals surface area contributed by atoms with Crippen molar-refractivity contribution >= 4 is 0 Å². The summed E-state index contributed by atoms with van der Waals surface area (Å²) in [7, 11) is 3.57. The minimum absolute atomic E-state index is 0.333. The van der Waals surface area contributed by atoms with Gasteiger partial charge in [0.2, 0.25) is 0 Å². The van der Waals surface area contributed by atoms with E-state index < -0.39 is 0 Å². The molecule has 0 amide bonds. The van der Waals surface area contributed by atoms with Crippen LogP contribution in [0.25, 0.3) is 0 Å². The van der Waals surface area contributed by atoms with E-state index >= 15 is 0 Å². The quantitative estimate of drug-likeness (QED) is 0.856. The molecule has 0 bridgehead atoms. The van der Waals surface area contributed by atoms with Crippen molar-refractivity contribution < 1.29 is 4.74 Å². The molecule has 1 aromatic carbocycles. The summed E-state index contributed by atoms with van der Waals surface area (Å²) in [5, 5.41) is 7.66. The maximum Gasteiger partial charge on any atom is 0.164 e. The van der Waals surface area contributed by atoms with E-state index in [-0.39, 0.29) is 0 Å². The Morgan fingerprint density at radius 3 is 2.84 bits per heavy atom. The predicted molar refractivity (Wildman–Crippen MR) is 74.0 cm³/mol. The fourth-order valence-corrected chi connectivity index (χ4v) is 2.00. The van der Waals surface area contributed by atoms with Crippen LogP contribution in [0.5, 0.6) is 5.75 Å². The summed E-state index contributed by atoms with van der Waals surface area (Å²) in [5.41, 5.74) is 1.21. The average molecular weight is 260 g/mol. The fraction of sp³-hybridized carbons (Fsp3) is 0.429. The van der Waals surface area contributed by atoms with Crippen molar-refractivity contribution in [2.45, 2.75) is 25.9 Å². The van der Waals surface area contributed by atoms with Crippen LogP contribution >= 0.6 is 0 Å². The van der Waals surface area contributed by atoms with Crippen LogP contribution in [0.4, 0.5) is 0 Å². The first-order valence-electron chi connectivity index (χ1n) is 6.39. The number of aromatic nitrogens is 3. The number of para-hydroxylation sites is 1. The maximum atomic E-state index is 5.36. The third kappa shape index (κ3) is 3.79. The second-order valence-corrected chi connectivity index (χ2v) is 4.63. The lowest BCUT2D eigenvalue weighted by molar-refractivity contribution is 0.405. The van der Waals surface area contributed by atoms with E-state index in [0.29, 0.717) is 12.6 Å². The Morgan fingerprint density at radius 1 is 1.37 bits per heavy atom. The van der Waals surface area contributed by atoms with Gasteiger partial charge in [-0.1, -0.05) is 18.2 Å². The average Bonchev–Trinajstić information content (AvgIpc) is 2.83. The summed E-state index contributed by atoms with van der Waals surface area (Å²) >= 11 is 0. The molecule has 2 aromatic rings. The van der Waals surface area contributed by atoms with Gasteiger partial charge in [-0.2, -0.15) is 5.10 Å². The molecule has 0 aliphatic carbocycles. The molecule has 0 saturated heterocycles. The van der Waals surface area contributed by atoms with Gasteiger partial charge in [-0.05, 0) is 25.0 Å². The topological polar surface area (TPSA) is 52.0 Å². The van der Waals surface area contributed by atoms with E-state index in [1.807, 2.05) is 25.2 Å². The second kappa shape index (κ2) is 6.33. The lowest BCUT2D eigenvalue weighted by Crippen LogP contribution is -2.28. The van der Waals surface area contributed by atoms with Crippen LogP contribution in [0.15, 0.2) is 30.6 Å². The number of ether oxygens (including phenoxy) is 1. The number of aryl methyl sites for hydroxylation is 1. The highest BCUT2D eigenvalue weighted by atomic mass is 16.5. The monoisotopic (exact) mass is 260 g/mol. The van der Waals surface area contributed by atoms with Crippen molar-refractivity contribution in [2.24, 2.45) is 7.05 Å². The van der Waals surface area contributed by atoms with Gasteiger partial charge in [-0.15, -0.1) is 0 Å². The molecule has 0 saturated carbocycles. The SMILES string of the molecule is COc1ccccc1CC(C)NCc1ncn(C)n1. The number of hydrogen-bond donors (Lipinski definition) is 1. The minimum atomic E-state index is 0.333. The van der Waals surface area contributed by atoms with Crippen molar-refractivity contribution in [3.63, 3.8) is 0 Å². The van der Waals surface area contributed by atoms with Crippen molar-refractivity contribution in [3.8, 4) is 5.75 Å². The summed E-state index contributed by atoms with van der Waals surface area (Å²) in [6, 6.07) is 8.43. The molecule has 0 aliphatic rings. The highest BCUT2D eigenvalue weighted by Gasteiger charge is 2.08. The van der Waals surface area contributed by atoms with Gasteiger partial charge >= 0.3 is 0 Å². The molecule has 0 radical (unpaired) electrons. The van der Waals surface area contributed by atoms with Crippen LogP contribution in [0, 0.1) is 0 Å². The van der Waals surface area contributed by atoms with Crippen LogP contribution in [0.1, 0.15) is 18.3 Å². The molecule has 19 heavy (non-hydrogen) atoms. The number of benzene rings is 1. The first-order chi connectivity index (χ1) is 9.19. The van der Waals surface area contributed by atoms with Gasteiger partial charge in [0.1, 0.15) is 12.1 Å². The molecule has 1 N–H and O–H groups in total. The van der Waals surface area contributed by atoms with Crippen LogP contribution in [-0.2, 0) is 20.0 Å². The van der Waals surface area contributed by atoms with Crippen LogP contribution in [0.2, 0.25) is 0 Å². The van der Waals surface area contributed by atoms with E-state index in [9.17, 15) is 0 Å². The van der Waals surface area contributed by atoms with E-state index in [4.69, 9.17) is 4.74 Å². The summed E-state index contributed by atoms with van der Waals surface area (Å²) in [6.07, 6.45) is 2.62. The van der Waals surface area contributed by atoms with Gasteiger partial charge in [0.15, 0.2) is 5.82 Å². The molecule has 5 heteroatoms. The van der Waals surface area contributed by atoms with Gasteiger partial charge in [-0.3, -0.25) is 4.68 Å². The zero-order valence-corrected chi connectivity index (χ0v) is 11.6. The smallest absolute Gasteiger partial charge is 0.164 e. The highest BCUT2D eigenvalue weighted by Crippen LogP contribution is 2.18. The van der Waals surface area contributed by atoms with Crippen molar-refractivity contribution in [2.75, 3.05) is 7.11 Å². The van der Waals surface area contributed by atoms with Crippen molar-refractivity contribution in [1.82, 2.24) is 20.1 Å². The third-order valence-corrected chi connectivity index (χ3v) is 2.97. The number of nitrogens with zero attached hydrogens (tertiary/aromatic N) is 3. The summed E-state index contributed by atoms with van der Waals surface area (Å²) in [4.78, 5) is 4.19. The van der Waals surface area contributed by atoms with Crippen LogP contribution in [-0.4, -0.2) is 27.9 Å². The largest absolute Gasteiger partial charge is 0.496 e. The fourth-order valence-electron chi connectivity index (χ4n) is 2.00. The molecular weight excluding hydrogens is 240 g/mol. The van der Waals surface area contributed by atoms with Crippen molar-refractivity contribution in [3.05, 3.63) is 42.0 Å². The third-order valence-electron chi connectivity index (χ3n) is 2.97. The molecular formula is C14H20N4O. The minimum Gasteiger partial charge on any atom is -0.496 e. The molecule has 0 aliphatic heterocycles. The Hall–Kier alpha value is -1.88. The zero-order chi connectivity index (χ0) is 13.7. The molecule has 1 heterocycles. The van der Waals surface area contributed by atoms with Gasteiger partial charge < -0.3 is 10.1 Å². The molecule has 102 valence electrons. The van der Waals surface area contributed by atoms with Gasteiger partial charge in [0.05, 0.1) is 13.7 Å². The highest BCUT2D eigenvalue weighted by molar-refractivity contribution is 5.33. The Bertz CT molecular complexity index is 524. The molecule has 1 atom stereocenters. The standard InChI is InChI=1S/C14H20N4O/c1-11(15-9-14-16-10-18(2)17-14)8-12-6-4-5-7-13(12)19-3/h4-7,10-11,15H,8-9H2,1-3H3. The summed E-state index contributed by atoms with van der Waals surface area (Å²) < 4.78 is 7.07. The first-order valence-corrected chi connectivity index (χ1v) is 6.39. The Balaban J connectivity index is 1.88. The lowest BCUT2D eigenvalue weighted by Gasteiger charge is -2.14. The van der Waals surface area contributed by atoms with E-state index in [1.54, 1.807) is 18.1 Å². The van der Waals surface area contributed by atoms with Crippen molar-refractivity contribution in [1.29, 1.82) is 0 Å². The first kappa shape index (κ1) is 13.5. The van der Waals surface area contributed by atoms with Gasteiger partial charge in [-0.25, -0.2) is 4.98 Å². The summed E-state index contributed by atoms with van der Waals surface area (Å²) in [5.74, 6) is 1.75. The maximum absolute atomic E-state index is 5.36. The number of methoxy groups -OCH3 is 1. The van der Waals surface area contributed by atoms with E-state index in [0.717, 1.165) is 18.0 Å². The molecule has 0 spiro atoms. The van der Waals surface area contributed by atoms with Crippen LogP contribution in [0.3, 0.4) is 0 Å². The van der Waals surface area contributed by atoms with Crippen LogP contribution < -0.4 is 10.1 Å². The van der Waals surface area contributed by atoms with Gasteiger partial charge in [0.25, 0.3) is 0 Å². The van der Waals surface area contributed by atoms with E-state index in [2.05, 4.69) is 28.4 Å². The Morgan fingerprint density at radius 2 is 2.16 bits per heavy atom. The Kier molecular flexibility index (Phi) is 4.52. The molecule has 1 aromatic heterocycles. The van der Waals surface area contributed by atoms with Gasteiger partial charge in [0, 0.05) is 13.1 Å². The lowest BCUT2D eigenvalue weighted by atomic mass is 10.1. The molecule has 2 rings (SSSR count). The molecule has 1 unspecified atom stereocenters. The number of hydrogen-bond acceptors (Lipinski definition) is 4. The Labute approximate surface area is 113 Å². The summed E-state index contributed by atoms with van der Waals surface area (Å²) in [6.45, 7) is 2.83. The predicted octanol–water partition coefficient (Wildman–Crippen LogP) is 1.54. The number of nitrogens with one attached hydrogen (secondary N) is 1. The molecule has 5 nitrogen and oxygen atoms in total. The molecule has 0 fully saturated rings. The number of rotatable bonds is 6. The second-order valence-electron chi connectivity index (χ2n) is 4.63. The zero-order valence-electron chi connectivity index (χ0n) is 11.6. The normalized spacial score (nSPS) is 12.4. The van der Waals surface area contributed by atoms with E-state index in [1.165, 1.54) is 5.56 Å².